The SMILES string of the molecule is c1ccc(CSc2nnc3n2CCCN3)cc1. The van der Waals surface area contributed by atoms with Crippen molar-refractivity contribution in [3.8, 4) is 0 Å². The third kappa shape index (κ3) is 2.29. The number of nitrogens with zero attached hydrogens (tertiary/aromatic N) is 3. The highest BCUT2D eigenvalue weighted by atomic mass is 32.2. The normalized spacial score (nSPS) is 14.1. The van der Waals surface area contributed by atoms with Crippen molar-refractivity contribution in [2.45, 2.75) is 23.9 Å². The van der Waals surface area contributed by atoms with E-state index in [0.717, 1.165) is 36.4 Å². The van der Waals surface area contributed by atoms with Gasteiger partial charge >= 0.3 is 0 Å². The fourth-order valence-corrected chi connectivity index (χ4v) is 2.81. The first kappa shape index (κ1) is 10.7. The van der Waals surface area contributed by atoms with E-state index in [2.05, 4.69) is 44.3 Å². The Morgan fingerprint density at radius 3 is 3.00 bits per heavy atom. The van der Waals surface area contributed by atoms with Gasteiger partial charge in [-0.3, -0.25) is 4.57 Å². The van der Waals surface area contributed by atoms with Gasteiger partial charge in [0.2, 0.25) is 5.95 Å². The lowest BCUT2D eigenvalue weighted by molar-refractivity contribution is 0.583. The molecule has 0 saturated heterocycles. The number of rotatable bonds is 3. The Labute approximate surface area is 104 Å². The monoisotopic (exact) mass is 246 g/mol. The maximum absolute atomic E-state index is 4.23. The fraction of sp³-hybridized carbons (Fsp3) is 0.333. The summed E-state index contributed by atoms with van der Waals surface area (Å²) in [6, 6.07) is 10.4. The minimum Gasteiger partial charge on any atom is -0.354 e. The van der Waals surface area contributed by atoms with Crippen LogP contribution in [0.5, 0.6) is 0 Å². The van der Waals surface area contributed by atoms with E-state index >= 15 is 0 Å². The van der Waals surface area contributed by atoms with Crippen molar-refractivity contribution in [3.63, 3.8) is 0 Å². The lowest BCUT2D eigenvalue weighted by atomic mass is 10.2. The Kier molecular flexibility index (Phi) is 3.00. The third-order valence-corrected chi connectivity index (χ3v) is 3.81. The number of thioether (sulfide) groups is 1. The van der Waals surface area contributed by atoms with Crippen LogP contribution >= 0.6 is 11.8 Å². The van der Waals surface area contributed by atoms with Crippen LogP contribution in [0.1, 0.15) is 12.0 Å². The molecule has 1 aromatic carbocycles. The van der Waals surface area contributed by atoms with Crippen LogP contribution in [0.15, 0.2) is 35.5 Å². The maximum atomic E-state index is 4.23. The minimum absolute atomic E-state index is 0.909. The van der Waals surface area contributed by atoms with Gasteiger partial charge < -0.3 is 5.32 Å². The van der Waals surface area contributed by atoms with E-state index in [4.69, 9.17) is 0 Å². The predicted molar refractivity (Wildman–Crippen MR) is 69.1 cm³/mol. The average Bonchev–Trinajstić information content (AvgIpc) is 2.81. The first-order valence-electron chi connectivity index (χ1n) is 5.77. The summed E-state index contributed by atoms with van der Waals surface area (Å²) in [6.07, 6.45) is 1.14. The van der Waals surface area contributed by atoms with Gasteiger partial charge in [0.25, 0.3) is 0 Å². The zero-order valence-electron chi connectivity index (χ0n) is 9.47. The molecule has 4 nitrogen and oxygen atoms in total. The van der Waals surface area contributed by atoms with E-state index < -0.39 is 0 Å². The summed E-state index contributed by atoms with van der Waals surface area (Å²) in [5.41, 5.74) is 1.32. The summed E-state index contributed by atoms with van der Waals surface area (Å²) >= 11 is 1.74. The van der Waals surface area contributed by atoms with Crippen LogP contribution in [-0.4, -0.2) is 21.3 Å². The van der Waals surface area contributed by atoms with Gasteiger partial charge in [-0.05, 0) is 12.0 Å². The zero-order chi connectivity index (χ0) is 11.5. The molecule has 88 valence electrons. The van der Waals surface area contributed by atoms with E-state index in [1.54, 1.807) is 11.8 Å². The molecular formula is C12H14N4S. The van der Waals surface area contributed by atoms with Crippen LogP contribution in [0.3, 0.4) is 0 Å². The lowest BCUT2D eigenvalue weighted by Crippen LogP contribution is -2.17. The molecule has 17 heavy (non-hydrogen) atoms. The predicted octanol–water partition coefficient (Wildman–Crippen LogP) is 2.39. The number of nitrogens with one attached hydrogen (secondary N) is 1. The van der Waals surface area contributed by atoms with Crippen LogP contribution in [0.2, 0.25) is 0 Å². The van der Waals surface area contributed by atoms with Crippen molar-refractivity contribution < 1.29 is 0 Å². The summed E-state index contributed by atoms with van der Waals surface area (Å²) in [6.45, 7) is 2.02. The summed E-state index contributed by atoms with van der Waals surface area (Å²) < 4.78 is 2.16. The quantitative estimate of drug-likeness (QED) is 0.844. The van der Waals surface area contributed by atoms with Gasteiger partial charge in [-0.2, -0.15) is 0 Å². The van der Waals surface area contributed by atoms with Crippen LogP contribution in [0.4, 0.5) is 5.95 Å². The minimum atomic E-state index is 0.909. The molecule has 3 rings (SSSR count). The largest absolute Gasteiger partial charge is 0.354 e. The maximum Gasteiger partial charge on any atom is 0.225 e. The lowest BCUT2D eigenvalue weighted by Gasteiger charge is -2.15. The Morgan fingerprint density at radius 2 is 2.12 bits per heavy atom. The van der Waals surface area contributed by atoms with Gasteiger partial charge in [0, 0.05) is 18.8 Å². The molecule has 5 heteroatoms. The van der Waals surface area contributed by atoms with Crippen molar-refractivity contribution >= 4 is 17.7 Å². The standard InChI is InChI=1S/C12H14N4S/c1-2-5-10(6-3-1)9-17-12-15-14-11-13-7-4-8-16(11)12/h1-3,5-6H,4,7-9H2,(H,13,14). The molecule has 2 aromatic rings. The topological polar surface area (TPSA) is 42.7 Å². The van der Waals surface area contributed by atoms with Gasteiger partial charge in [-0.1, -0.05) is 42.1 Å². The number of fused-ring (bicyclic) bond motifs is 1. The van der Waals surface area contributed by atoms with E-state index in [0.29, 0.717) is 0 Å². The van der Waals surface area contributed by atoms with Crippen molar-refractivity contribution in [3.05, 3.63) is 35.9 Å². The molecule has 0 unspecified atom stereocenters. The van der Waals surface area contributed by atoms with Crippen LogP contribution in [0, 0.1) is 0 Å². The number of benzene rings is 1. The molecule has 0 saturated carbocycles. The molecule has 0 spiro atoms. The Bertz CT molecular complexity index is 494. The highest BCUT2D eigenvalue weighted by molar-refractivity contribution is 7.98. The fourth-order valence-electron chi connectivity index (χ4n) is 1.89. The first-order chi connectivity index (χ1) is 8.43. The molecule has 1 aromatic heterocycles. The summed E-state index contributed by atoms with van der Waals surface area (Å²) in [4.78, 5) is 0. The molecule has 0 atom stereocenters. The van der Waals surface area contributed by atoms with Crippen LogP contribution in [0.25, 0.3) is 0 Å². The zero-order valence-corrected chi connectivity index (χ0v) is 10.3. The smallest absolute Gasteiger partial charge is 0.225 e. The molecule has 1 aliphatic rings. The molecule has 2 heterocycles. The van der Waals surface area contributed by atoms with Gasteiger partial charge in [0.05, 0.1) is 0 Å². The van der Waals surface area contributed by atoms with Crippen LogP contribution < -0.4 is 5.32 Å². The number of anilines is 1. The molecule has 0 amide bonds. The molecule has 0 radical (unpaired) electrons. The van der Waals surface area contributed by atoms with Gasteiger partial charge in [0.1, 0.15) is 0 Å². The van der Waals surface area contributed by atoms with Crippen molar-refractivity contribution in [1.82, 2.24) is 14.8 Å². The summed E-state index contributed by atoms with van der Waals surface area (Å²) in [7, 11) is 0. The second kappa shape index (κ2) is 4.79. The summed E-state index contributed by atoms with van der Waals surface area (Å²) in [5, 5.41) is 12.6. The average molecular weight is 246 g/mol. The van der Waals surface area contributed by atoms with Gasteiger partial charge in [-0.15, -0.1) is 10.2 Å². The molecule has 1 aliphatic heterocycles. The summed E-state index contributed by atoms with van der Waals surface area (Å²) in [5.74, 6) is 1.85. The molecule has 0 aliphatic carbocycles. The van der Waals surface area contributed by atoms with E-state index in [1.165, 1.54) is 5.56 Å². The number of aromatic nitrogens is 3. The Hall–Kier alpha value is -1.49. The highest BCUT2D eigenvalue weighted by Crippen LogP contribution is 2.25. The van der Waals surface area contributed by atoms with Crippen molar-refractivity contribution in [2.75, 3.05) is 11.9 Å². The Balaban J connectivity index is 1.71. The van der Waals surface area contributed by atoms with Gasteiger partial charge in [0.15, 0.2) is 5.16 Å². The van der Waals surface area contributed by atoms with Crippen molar-refractivity contribution in [1.29, 1.82) is 0 Å². The van der Waals surface area contributed by atoms with Crippen molar-refractivity contribution in [2.24, 2.45) is 0 Å². The second-order valence-corrected chi connectivity index (χ2v) is 4.95. The van der Waals surface area contributed by atoms with E-state index in [9.17, 15) is 0 Å². The first-order valence-corrected chi connectivity index (χ1v) is 6.76. The molecular weight excluding hydrogens is 232 g/mol. The van der Waals surface area contributed by atoms with E-state index in [1.807, 2.05) is 6.07 Å². The Morgan fingerprint density at radius 1 is 1.24 bits per heavy atom. The molecule has 1 N–H and O–H groups in total. The highest BCUT2D eigenvalue weighted by Gasteiger charge is 2.15. The molecule has 0 bridgehead atoms. The number of hydrogen-bond donors (Lipinski definition) is 1. The van der Waals surface area contributed by atoms with Crippen LogP contribution in [-0.2, 0) is 12.3 Å². The second-order valence-electron chi connectivity index (χ2n) is 4.01. The van der Waals surface area contributed by atoms with Gasteiger partial charge in [-0.25, -0.2) is 0 Å². The number of hydrogen-bond acceptors (Lipinski definition) is 4. The third-order valence-electron chi connectivity index (χ3n) is 2.77. The molecule has 0 fully saturated rings. The van der Waals surface area contributed by atoms with E-state index in [-0.39, 0.29) is 0 Å².